The minimum Gasteiger partial charge on any atom is -0.490 e. The molecule has 3 nitrogen and oxygen atoms in total. The minimum atomic E-state index is 0.493. The lowest BCUT2D eigenvalue weighted by atomic mass is 10.2. The fraction of sp³-hybridized carbons (Fsp3) is 0.333. The van der Waals surface area contributed by atoms with Crippen molar-refractivity contribution >= 4 is 40.5 Å². The van der Waals surface area contributed by atoms with E-state index in [1.165, 1.54) is 0 Å². The van der Waals surface area contributed by atoms with Crippen molar-refractivity contribution in [2.45, 2.75) is 26.8 Å². The van der Waals surface area contributed by atoms with Crippen molar-refractivity contribution < 1.29 is 9.47 Å². The zero-order chi connectivity index (χ0) is 17.5. The molecule has 24 heavy (non-hydrogen) atoms. The number of anilines is 1. The average Bonchev–Trinajstić information content (AvgIpc) is 2.56. The Kier molecular flexibility index (Phi) is 7.35. The highest BCUT2D eigenvalue weighted by Gasteiger charge is 2.12. The van der Waals surface area contributed by atoms with Crippen molar-refractivity contribution in [2.75, 3.05) is 18.5 Å². The molecule has 0 aromatic heterocycles. The van der Waals surface area contributed by atoms with Crippen LogP contribution in [0.2, 0.25) is 15.1 Å². The molecule has 0 aliphatic carbocycles. The number of hydrogen-bond donors (Lipinski definition) is 1. The van der Waals surface area contributed by atoms with Crippen LogP contribution in [0.25, 0.3) is 0 Å². The Morgan fingerprint density at radius 2 is 1.67 bits per heavy atom. The van der Waals surface area contributed by atoms with Crippen LogP contribution < -0.4 is 14.8 Å². The summed E-state index contributed by atoms with van der Waals surface area (Å²) in [6, 6.07) is 8.96. The molecule has 2 aromatic rings. The van der Waals surface area contributed by atoms with Crippen molar-refractivity contribution in [3.8, 4) is 11.5 Å². The first-order valence-corrected chi connectivity index (χ1v) is 8.95. The highest BCUT2D eigenvalue weighted by atomic mass is 35.5. The first-order chi connectivity index (χ1) is 11.5. The smallest absolute Gasteiger partial charge is 0.162 e. The quantitative estimate of drug-likeness (QED) is 0.564. The summed E-state index contributed by atoms with van der Waals surface area (Å²) >= 11 is 18.6. The third-order valence-corrected chi connectivity index (χ3v) is 4.19. The van der Waals surface area contributed by atoms with Gasteiger partial charge in [0.1, 0.15) is 0 Å². The summed E-state index contributed by atoms with van der Waals surface area (Å²) in [7, 11) is 0. The molecule has 0 atom stereocenters. The third-order valence-electron chi connectivity index (χ3n) is 3.27. The molecular weight excluding hydrogens is 369 g/mol. The molecule has 2 rings (SSSR count). The van der Waals surface area contributed by atoms with Crippen LogP contribution in [0, 0.1) is 0 Å². The molecule has 0 saturated heterocycles. The van der Waals surface area contributed by atoms with Crippen LogP contribution in [0.5, 0.6) is 11.5 Å². The summed E-state index contributed by atoms with van der Waals surface area (Å²) in [6.45, 7) is 5.65. The van der Waals surface area contributed by atoms with Gasteiger partial charge in [-0.2, -0.15) is 0 Å². The van der Waals surface area contributed by atoms with Gasteiger partial charge >= 0.3 is 0 Å². The summed E-state index contributed by atoms with van der Waals surface area (Å²) in [4.78, 5) is 0. The molecule has 2 aromatic carbocycles. The second kappa shape index (κ2) is 9.26. The van der Waals surface area contributed by atoms with Crippen molar-refractivity contribution in [1.29, 1.82) is 0 Å². The van der Waals surface area contributed by atoms with Crippen LogP contribution >= 0.6 is 34.8 Å². The largest absolute Gasteiger partial charge is 0.490 e. The predicted molar refractivity (Wildman–Crippen MR) is 102 cm³/mol. The molecule has 1 N–H and O–H groups in total. The SMILES string of the molecule is CCCOc1cc(Cl)c(CNc2cc(Cl)ccc2Cl)cc1OCC. The molecule has 0 bridgehead atoms. The normalized spacial score (nSPS) is 10.5. The van der Waals surface area contributed by atoms with Gasteiger partial charge in [-0.1, -0.05) is 41.7 Å². The monoisotopic (exact) mass is 387 g/mol. The minimum absolute atomic E-state index is 0.493. The third kappa shape index (κ3) is 5.10. The van der Waals surface area contributed by atoms with E-state index in [0.29, 0.717) is 46.3 Å². The summed E-state index contributed by atoms with van der Waals surface area (Å²) in [5.74, 6) is 1.34. The maximum atomic E-state index is 6.38. The first kappa shape index (κ1) is 19.0. The van der Waals surface area contributed by atoms with Crippen molar-refractivity contribution in [3.63, 3.8) is 0 Å². The molecule has 0 spiro atoms. The molecule has 6 heteroatoms. The van der Waals surface area contributed by atoms with Gasteiger partial charge in [0.05, 0.1) is 23.9 Å². The van der Waals surface area contributed by atoms with Gasteiger partial charge in [-0.3, -0.25) is 0 Å². The number of halogens is 3. The second-order valence-electron chi connectivity index (χ2n) is 5.15. The summed E-state index contributed by atoms with van der Waals surface area (Å²) < 4.78 is 11.4. The van der Waals surface area contributed by atoms with Gasteiger partial charge in [0, 0.05) is 22.7 Å². The molecule has 0 heterocycles. The van der Waals surface area contributed by atoms with E-state index < -0.39 is 0 Å². The Hall–Kier alpha value is -1.29. The zero-order valence-corrected chi connectivity index (χ0v) is 15.9. The lowest BCUT2D eigenvalue weighted by Gasteiger charge is -2.15. The van der Waals surface area contributed by atoms with E-state index in [1.807, 2.05) is 13.0 Å². The lowest BCUT2D eigenvalue weighted by molar-refractivity contribution is 0.276. The number of hydrogen-bond acceptors (Lipinski definition) is 3. The van der Waals surface area contributed by atoms with Gasteiger partial charge in [-0.15, -0.1) is 0 Å². The maximum absolute atomic E-state index is 6.38. The van der Waals surface area contributed by atoms with Crippen LogP contribution in [-0.2, 0) is 6.54 Å². The maximum Gasteiger partial charge on any atom is 0.162 e. The summed E-state index contributed by atoms with van der Waals surface area (Å²) in [5.41, 5.74) is 1.64. The van der Waals surface area contributed by atoms with Crippen molar-refractivity contribution in [1.82, 2.24) is 0 Å². The van der Waals surface area contributed by atoms with Crippen LogP contribution in [-0.4, -0.2) is 13.2 Å². The lowest BCUT2D eigenvalue weighted by Crippen LogP contribution is -2.04. The Labute approximate surface area is 157 Å². The van der Waals surface area contributed by atoms with E-state index in [4.69, 9.17) is 44.3 Å². The summed E-state index contributed by atoms with van der Waals surface area (Å²) in [5, 5.41) is 5.07. The number of nitrogens with one attached hydrogen (secondary N) is 1. The van der Waals surface area contributed by atoms with Gasteiger partial charge in [-0.25, -0.2) is 0 Å². The molecule has 0 fully saturated rings. The fourth-order valence-electron chi connectivity index (χ4n) is 2.13. The second-order valence-corrected chi connectivity index (χ2v) is 6.40. The van der Waals surface area contributed by atoms with E-state index in [1.54, 1.807) is 24.3 Å². The van der Waals surface area contributed by atoms with E-state index in [-0.39, 0.29) is 0 Å². The van der Waals surface area contributed by atoms with Crippen molar-refractivity contribution in [3.05, 3.63) is 51.0 Å². The Bertz CT molecular complexity index is 692. The Morgan fingerprint density at radius 1 is 0.917 bits per heavy atom. The molecule has 0 unspecified atom stereocenters. The van der Waals surface area contributed by atoms with Crippen LogP contribution in [0.4, 0.5) is 5.69 Å². The standard InChI is InChI=1S/C18H20Cl3NO2/c1-3-7-24-18-10-15(21)12(8-17(18)23-4-2)11-22-16-9-13(19)5-6-14(16)20/h5-6,8-10,22H,3-4,7,11H2,1-2H3. The van der Waals surface area contributed by atoms with Gasteiger partial charge in [-0.05, 0) is 43.2 Å². The molecule has 130 valence electrons. The molecule has 0 radical (unpaired) electrons. The van der Waals surface area contributed by atoms with Gasteiger partial charge in [0.2, 0.25) is 0 Å². The molecule has 0 amide bonds. The van der Waals surface area contributed by atoms with Gasteiger partial charge in [0.25, 0.3) is 0 Å². The van der Waals surface area contributed by atoms with E-state index >= 15 is 0 Å². The highest BCUT2D eigenvalue weighted by Crippen LogP contribution is 2.35. The molecule has 0 aliphatic rings. The Morgan fingerprint density at radius 3 is 2.38 bits per heavy atom. The van der Waals surface area contributed by atoms with Crippen LogP contribution in [0.1, 0.15) is 25.8 Å². The topological polar surface area (TPSA) is 30.5 Å². The van der Waals surface area contributed by atoms with Crippen LogP contribution in [0.15, 0.2) is 30.3 Å². The predicted octanol–water partition coefficient (Wildman–Crippen LogP) is 6.45. The number of ether oxygens (including phenoxy) is 2. The molecular formula is C18H20Cl3NO2. The van der Waals surface area contributed by atoms with E-state index in [9.17, 15) is 0 Å². The van der Waals surface area contributed by atoms with Gasteiger partial charge < -0.3 is 14.8 Å². The summed E-state index contributed by atoms with van der Waals surface area (Å²) in [6.07, 6.45) is 0.916. The van der Waals surface area contributed by atoms with E-state index in [2.05, 4.69) is 12.2 Å². The fourth-order valence-corrected chi connectivity index (χ4v) is 2.71. The van der Waals surface area contributed by atoms with Crippen LogP contribution in [0.3, 0.4) is 0 Å². The zero-order valence-electron chi connectivity index (χ0n) is 13.7. The van der Waals surface area contributed by atoms with E-state index in [0.717, 1.165) is 17.7 Å². The molecule has 0 aliphatic heterocycles. The molecule has 0 saturated carbocycles. The van der Waals surface area contributed by atoms with Gasteiger partial charge in [0.15, 0.2) is 11.5 Å². The van der Waals surface area contributed by atoms with Crippen molar-refractivity contribution in [2.24, 2.45) is 0 Å². The average molecular weight is 389 g/mol. The first-order valence-electron chi connectivity index (χ1n) is 7.82. The highest BCUT2D eigenvalue weighted by molar-refractivity contribution is 6.35. The number of benzene rings is 2. The Balaban J connectivity index is 2.20. The number of rotatable bonds is 8.